The average Bonchev–Trinajstić information content (AvgIpc) is 2.48. The molecule has 0 aromatic heterocycles. The summed E-state index contributed by atoms with van der Waals surface area (Å²) < 4.78 is 31.5. The van der Waals surface area contributed by atoms with Gasteiger partial charge in [-0.25, -0.2) is 8.78 Å². The van der Waals surface area contributed by atoms with Crippen LogP contribution in [-0.2, 0) is 9.53 Å². The quantitative estimate of drug-likeness (QED) is 0.867. The summed E-state index contributed by atoms with van der Waals surface area (Å²) in [6, 6.07) is 3.77. The number of hydrogen-bond donors (Lipinski definition) is 2. The number of carbonyl (C=O) groups excluding carboxylic acids is 1. The fraction of sp³-hybridized carbons (Fsp3) is 0.533. The molecule has 1 fully saturated rings. The largest absolute Gasteiger partial charge is 0.372 e. The van der Waals surface area contributed by atoms with E-state index in [2.05, 4.69) is 10.6 Å². The Bertz CT molecular complexity index is 497. The van der Waals surface area contributed by atoms with Crippen molar-refractivity contribution in [3.05, 3.63) is 35.4 Å². The first-order chi connectivity index (χ1) is 10.1. The van der Waals surface area contributed by atoms with Crippen LogP contribution < -0.4 is 10.6 Å². The van der Waals surface area contributed by atoms with E-state index in [9.17, 15) is 13.6 Å². The van der Waals surface area contributed by atoms with Crippen molar-refractivity contribution in [3.63, 3.8) is 0 Å². The first kappa shape index (κ1) is 15.9. The molecular formula is C15H20F2N2O2. The fourth-order valence-electron chi connectivity index (χ4n) is 2.60. The minimum Gasteiger partial charge on any atom is -0.372 e. The molecule has 0 bridgehead atoms. The van der Waals surface area contributed by atoms with Crippen molar-refractivity contribution in [2.75, 3.05) is 26.3 Å². The maximum absolute atomic E-state index is 13.4. The second-order valence-electron chi connectivity index (χ2n) is 5.08. The van der Waals surface area contributed by atoms with Gasteiger partial charge < -0.3 is 15.4 Å². The third-order valence-corrected chi connectivity index (χ3v) is 3.64. The number of nitrogens with one attached hydrogen (secondary N) is 2. The van der Waals surface area contributed by atoms with Gasteiger partial charge >= 0.3 is 0 Å². The highest BCUT2D eigenvalue weighted by atomic mass is 19.2. The predicted molar refractivity (Wildman–Crippen MR) is 75.0 cm³/mol. The van der Waals surface area contributed by atoms with Crippen LogP contribution in [0.25, 0.3) is 0 Å². The highest BCUT2D eigenvalue weighted by molar-refractivity contribution is 5.77. The maximum Gasteiger partial charge on any atom is 0.246 e. The molecule has 1 amide bonds. The minimum absolute atomic E-state index is 0.0114. The molecule has 21 heavy (non-hydrogen) atoms. The summed E-state index contributed by atoms with van der Waals surface area (Å²) in [5.74, 6) is -1.94. The molecule has 2 rings (SSSR count). The van der Waals surface area contributed by atoms with Gasteiger partial charge in [-0.1, -0.05) is 6.07 Å². The van der Waals surface area contributed by atoms with E-state index in [-0.39, 0.29) is 24.5 Å². The molecule has 1 heterocycles. The number of halogens is 2. The minimum atomic E-state index is -0.857. The Kier molecular flexibility index (Phi) is 5.64. The van der Waals surface area contributed by atoms with Crippen molar-refractivity contribution < 1.29 is 18.3 Å². The summed E-state index contributed by atoms with van der Waals surface area (Å²) in [7, 11) is 0. The van der Waals surface area contributed by atoms with E-state index in [1.54, 1.807) is 6.07 Å². The standard InChI is InChI=1S/C15H20F2N2O2/c1-2-21-9-15(20)19-14-8-18-6-5-11(14)10-3-4-12(16)13(17)7-10/h3-4,7,11,14,18H,2,5-6,8-9H2,1H3,(H,19,20). The topological polar surface area (TPSA) is 50.4 Å². The summed E-state index contributed by atoms with van der Waals surface area (Å²) in [5.41, 5.74) is 0.706. The summed E-state index contributed by atoms with van der Waals surface area (Å²) in [4.78, 5) is 11.8. The van der Waals surface area contributed by atoms with Crippen LogP contribution in [0.15, 0.2) is 18.2 Å². The number of amides is 1. The fourth-order valence-corrected chi connectivity index (χ4v) is 2.60. The van der Waals surface area contributed by atoms with E-state index in [1.807, 2.05) is 6.92 Å². The Hall–Kier alpha value is -1.53. The van der Waals surface area contributed by atoms with Gasteiger partial charge in [0.15, 0.2) is 11.6 Å². The normalized spacial score (nSPS) is 22.0. The summed E-state index contributed by atoms with van der Waals surface area (Å²) in [5, 5.41) is 6.09. The highest BCUT2D eigenvalue weighted by Gasteiger charge is 2.28. The zero-order valence-electron chi connectivity index (χ0n) is 12.0. The molecule has 2 atom stereocenters. The number of carbonyl (C=O) groups is 1. The van der Waals surface area contributed by atoms with E-state index < -0.39 is 11.6 Å². The molecule has 1 saturated heterocycles. The van der Waals surface area contributed by atoms with E-state index in [1.165, 1.54) is 6.07 Å². The lowest BCUT2D eigenvalue weighted by Crippen LogP contribution is -2.50. The van der Waals surface area contributed by atoms with Gasteiger partial charge in [0, 0.05) is 25.1 Å². The molecule has 1 aromatic carbocycles. The van der Waals surface area contributed by atoms with Crippen molar-refractivity contribution in [2.24, 2.45) is 0 Å². The molecule has 1 aliphatic rings. The first-order valence-electron chi connectivity index (χ1n) is 7.14. The van der Waals surface area contributed by atoms with Crippen LogP contribution in [0.2, 0.25) is 0 Å². The van der Waals surface area contributed by atoms with Crippen LogP contribution in [0.5, 0.6) is 0 Å². The number of benzene rings is 1. The third kappa shape index (κ3) is 4.22. The molecule has 0 radical (unpaired) electrons. The Labute approximate surface area is 122 Å². The summed E-state index contributed by atoms with van der Waals surface area (Å²) >= 11 is 0. The second-order valence-corrected chi connectivity index (χ2v) is 5.08. The summed E-state index contributed by atoms with van der Waals surface area (Å²) in [6.45, 7) is 3.68. The van der Waals surface area contributed by atoms with E-state index >= 15 is 0 Å². The smallest absolute Gasteiger partial charge is 0.246 e. The lowest BCUT2D eigenvalue weighted by molar-refractivity contribution is -0.126. The third-order valence-electron chi connectivity index (χ3n) is 3.64. The summed E-state index contributed by atoms with van der Waals surface area (Å²) in [6.07, 6.45) is 0.755. The number of piperidine rings is 1. The van der Waals surface area contributed by atoms with Gasteiger partial charge in [-0.2, -0.15) is 0 Å². The van der Waals surface area contributed by atoms with Crippen molar-refractivity contribution in [1.82, 2.24) is 10.6 Å². The predicted octanol–water partition coefficient (Wildman–Crippen LogP) is 1.56. The lowest BCUT2D eigenvalue weighted by Gasteiger charge is -2.33. The average molecular weight is 298 g/mol. The van der Waals surface area contributed by atoms with Crippen LogP contribution >= 0.6 is 0 Å². The van der Waals surface area contributed by atoms with Gasteiger partial charge in [-0.3, -0.25) is 4.79 Å². The van der Waals surface area contributed by atoms with Crippen molar-refractivity contribution in [1.29, 1.82) is 0 Å². The molecule has 4 nitrogen and oxygen atoms in total. The number of hydrogen-bond acceptors (Lipinski definition) is 3. The molecule has 0 aliphatic carbocycles. The van der Waals surface area contributed by atoms with Gasteiger partial charge in [0.05, 0.1) is 0 Å². The van der Waals surface area contributed by atoms with Crippen LogP contribution in [0.4, 0.5) is 8.78 Å². The molecule has 1 aromatic rings. The van der Waals surface area contributed by atoms with Crippen molar-refractivity contribution in [3.8, 4) is 0 Å². The molecule has 1 aliphatic heterocycles. The van der Waals surface area contributed by atoms with E-state index in [0.29, 0.717) is 18.7 Å². The molecule has 116 valence electrons. The van der Waals surface area contributed by atoms with Gasteiger partial charge in [0.2, 0.25) is 5.91 Å². The van der Waals surface area contributed by atoms with Crippen LogP contribution in [0.3, 0.4) is 0 Å². The second kappa shape index (κ2) is 7.47. The molecule has 6 heteroatoms. The maximum atomic E-state index is 13.4. The first-order valence-corrected chi connectivity index (χ1v) is 7.14. The van der Waals surface area contributed by atoms with E-state index in [4.69, 9.17) is 4.74 Å². The molecule has 0 saturated carbocycles. The highest BCUT2D eigenvalue weighted by Crippen LogP contribution is 2.26. The number of ether oxygens (including phenoxy) is 1. The van der Waals surface area contributed by atoms with Gasteiger partial charge in [-0.15, -0.1) is 0 Å². The van der Waals surface area contributed by atoms with Gasteiger partial charge in [0.25, 0.3) is 0 Å². The number of rotatable bonds is 5. The zero-order valence-corrected chi connectivity index (χ0v) is 12.0. The van der Waals surface area contributed by atoms with Crippen molar-refractivity contribution >= 4 is 5.91 Å². The van der Waals surface area contributed by atoms with Crippen LogP contribution in [0.1, 0.15) is 24.8 Å². The lowest BCUT2D eigenvalue weighted by atomic mass is 9.86. The van der Waals surface area contributed by atoms with E-state index in [0.717, 1.165) is 19.0 Å². The Balaban J connectivity index is 2.07. The van der Waals surface area contributed by atoms with Crippen LogP contribution in [0, 0.1) is 11.6 Å². The Morgan fingerprint density at radius 2 is 2.24 bits per heavy atom. The monoisotopic (exact) mass is 298 g/mol. The van der Waals surface area contributed by atoms with Crippen LogP contribution in [-0.4, -0.2) is 38.3 Å². The molecule has 2 N–H and O–H groups in total. The Morgan fingerprint density at radius 1 is 1.43 bits per heavy atom. The molecular weight excluding hydrogens is 278 g/mol. The SMILES string of the molecule is CCOCC(=O)NC1CNCCC1c1ccc(F)c(F)c1. The van der Waals surface area contributed by atoms with Gasteiger partial charge in [-0.05, 0) is 37.6 Å². The zero-order chi connectivity index (χ0) is 15.2. The molecule has 2 unspecified atom stereocenters. The van der Waals surface area contributed by atoms with Gasteiger partial charge in [0.1, 0.15) is 6.61 Å². The molecule has 0 spiro atoms. The van der Waals surface area contributed by atoms with Crippen molar-refractivity contribution in [2.45, 2.75) is 25.3 Å². The Morgan fingerprint density at radius 3 is 2.95 bits per heavy atom.